The molecule has 1 aromatic heterocycles. The minimum absolute atomic E-state index is 0.0385. The van der Waals surface area contributed by atoms with E-state index in [9.17, 15) is 4.79 Å². The summed E-state index contributed by atoms with van der Waals surface area (Å²) in [7, 11) is 0. The molecule has 1 saturated heterocycles. The highest BCUT2D eigenvalue weighted by Gasteiger charge is 2.20. The Morgan fingerprint density at radius 3 is 2.57 bits per heavy atom. The van der Waals surface area contributed by atoms with Crippen LogP contribution in [0.15, 0.2) is 36.4 Å². The van der Waals surface area contributed by atoms with Crippen LogP contribution in [-0.2, 0) is 4.74 Å². The molecule has 0 aliphatic carbocycles. The summed E-state index contributed by atoms with van der Waals surface area (Å²) in [5, 5.41) is 3.35. The van der Waals surface area contributed by atoms with Crippen LogP contribution in [0.4, 0.5) is 5.82 Å². The number of carbonyl (C=O) groups is 1. The van der Waals surface area contributed by atoms with E-state index < -0.39 is 0 Å². The number of anilines is 1. The molecule has 1 fully saturated rings. The third kappa shape index (κ3) is 5.29. The molecule has 0 radical (unpaired) electrons. The fraction of sp³-hybridized carbons (Fsp3) is 0.500. The van der Waals surface area contributed by atoms with Gasteiger partial charge in [-0.25, -0.2) is 9.97 Å². The molecule has 1 unspecified atom stereocenters. The van der Waals surface area contributed by atoms with Crippen LogP contribution in [0.5, 0.6) is 0 Å². The van der Waals surface area contributed by atoms with Gasteiger partial charge in [0.1, 0.15) is 11.5 Å². The molecule has 150 valence electrons. The van der Waals surface area contributed by atoms with Gasteiger partial charge >= 0.3 is 0 Å². The average Bonchev–Trinajstić information content (AvgIpc) is 3.26. The van der Waals surface area contributed by atoms with Crippen LogP contribution < -0.4 is 5.32 Å². The lowest BCUT2D eigenvalue weighted by Crippen LogP contribution is -2.33. The first kappa shape index (κ1) is 20.3. The number of benzene rings is 1. The highest BCUT2D eigenvalue weighted by molar-refractivity contribution is 5.93. The van der Waals surface area contributed by atoms with Crippen LogP contribution in [-0.4, -0.2) is 53.1 Å². The Kier molecular flexibility index (Phi) is 7.37. The van der Waals surface area contributed by atoms with E-state index in [0.717, 1.165) is 50.9 Å². The van der Waals surface area contributed by atoms with Gasteiger partial charge in [0.15, 0.2) is 5.82 Å². The van der Waals surface area contributed by atoms with Crippen LogP contribution in [0.1, 0.15) is 50.0 Å². The van der Waals surface area contributed by atoms with E-state index in [0.29, 0.717) is 23.9 Å². The Hall–Kier alpha value is -2.47. The number of hydrogen-bond donors (Lipinski definition) is 1. The van der Waals surface area contributed by atoms with Gasteiger partial charge in [0.05, 0.1) is 6.10 Å². The van der Waals surface area contributed by atoms with E-state index in [2.05, 4.69) is 29.1 Å². The van der Waals surface area contributed by atoms with E-state index in [1.165, 1.54) is 0 Å². The molecule has 1 aromatic carbocycles. The Bertz CT molecular complexity index is 754. The van der Waals surface area contributed by atoms with Gasteiger partial charge in [-0.1, -0.05) is 44.2 Å². The fourth-order valence-corrected chi connectivity index (χ4v) is 3.40. The quantitative estimate of drug-likeness (QED) is 0.710. The minimum Gasteiger partial charge on any atom is -0.376 e. The number of nitrogens with zero attached hydrogens (tertiary/aromatic N) is 3. The summed E-state index contributed by atoms with van der Waals surface area (Å²) in [4.78, 5) is 24.2. The summed E-state index contributed by atoms with van der Waals surface area (Å²) >= 11 is 0. The van der Waals surface area contributed by atoms with Crippen molar-refractivity contribution in [1.29, 1.82) is 0 Å². The van der Waals surface area contributed by atoms with Crippen molar-refractivity contribution in [3.8, 4) is 11.4 Å². The topological polar surface area (TPSA) is 67.4 Å². The highest BCUT2D eigenvalue weighted by atomic mass is 16.5. The predicted octanol–water partition coefficient (Wildman–Crippen LogP) is 4.00. The molecular weight excluding hydrogens is 352 g/mol. The van der Waals surface area contributed by atoms with E-state index in [-0.39, 0.29) is 12.0 Å². The van der Waals surface area contributed by atoms with Crippen molar-refractivity contribution in [1.82, 2.24) is 14.9 Å². The van der Waals surface area contributed by atoms with Gasteiger partial charge in [0, 0.05) is 37.9 Å². The van der Waals surface area contributed by atoms with Gasteiger partial charge in [0.2, 0.25) is 0 Å². The molecule has 2 heterocycles. The lowest BCUT2D eigenvalue weighted by Gasteiger charge is -2.21. The first-order chi connectivity index (χ1) is 13.7. The summed E-state index contributed by atoms with van der Waals surface area (Å²) in [6.07, 6.45) is 4.19. The number of aromatic nitrogens is 2. The third-order valence-corrected chi connectivity index (χ3v) is 4.79. The zero-order chi connectivity index (χ0) is 19.8. The SMILES string of the molecule is CCCN(CCC)C(=O)c1cc(NCC2CCCO2)nc(-c2ccccc2)n1. The molecule has 1 atom stereocenters. The normalized spacial score (nSPS) is 16.1. The molecule has 1 aliphatic heterocycles. The van der Waals surface area contributed by atoms with Crippen LogP contribution >= 0.6 is 0 Å². The number of amides is 1. The van der Waals surface area contributed by atoms with Crippen molar-refractivity contribution in [2.75, 3.05) is 31.6 Å². The predicted molar refractivity (Wildman–Crippen MR) is 111 cm³/mol. The summed E-state index contributed by atoms with van der Waals surface area (Å²) in [6, 6.07) is 11.5. The summed E-state index contributed by atoms with van der Waals surface area (Å²) < 4.78 is 5.69. The Morgan fingerprint density at radius 2 is 1.93 bits per heavy atom. The molecule has 28 heavy (non-hydrogen) atoms. The van der Waals surface area contributed by atoms with Crippen LogP contribution in [0, 0.1) is 0 Å². The summed E-state index contributed by atoms with van der Waals surface area (Å²) in [6.45, 7) is 7.14. The van der Waals surface area contributed by atoms with E-state index >= 15 is 0 Å². The standard InChI is InChI=1S/C22H30N4O2/c1-3-12-26(13-4-2)22(27)19-15-20(23-16-18-11-8-14-28-18)25-21(24-19)17-9-6-5-7-10-17/h5-7,9-10,15,18H,3-4,8,11-14,16H2,1-2H3,(H,23,24,25). The van der Waals surface area contributed by atoms with Gasteiger partial charge in [0.25, 0.3) is 5.91 Å². The molecule has 0 spiro atoms. The molecule has 6 heteroatoms. The second-order valence-corrected chi connectivity index (χ2v) is 7.14. The molecule has 1 amide bonds. The van der Waals surface area contributed by atoms with Crippen molar-refractivity contribution in [3.63, 3.8) is 0 Å². The van der Waals surface area contributed by atoms with Gasteiger partial charge in [-0.3, -0.25) is 4.79 Å². The number of nitrogens with one attached hydrogen (secondary N) is 1. The number of ether oxygens (including phenoxy) is 1. The molecule has 0 saturated carbocycles. The van der Waals surface area contributed by atoms with Gasteiger partial charge in [-0.15, -0.1) is 0 Å². The van der Waals surface area contributed by atoms with Crippen molar-refractivity contribution >= 4 is 11.7 Å². The van der Waals surface area contributed by atoms with Crippen molar-refractivity contribution in [2.45, 2.75) is 45.6 Å². The molecular formula is C22H30N4O2. The zero-order valence-corrected chi connectivity index (χ0v) is 16.9. The monoisotopic (exact) mass is 382 g/mol. The molecule has 3 rings (SSSR count). The maximum atomic E-state index is 13.1. The first-order valence-corrected chi connectivity index (χ1v) is 10.3. The van der Waals surface area contributed by atoms with E-state index in [1.807, 2.05) is 35.2 Å². The molecule has 6 nitrogen and oxygen atoms in total. The Morgan fingerprint density at radius 1 is 1.18 bits per heavy atom. The van der Waals surface area contributed by atoms with E-state index in [4.69, 9.17) is 4.74 Å². The lowest BCUT2D eigenvalue weighted by atomic mass is 10.2. The van der Waals surface area contributed by atoms with Crippen molar-refractivity contribution in [3.05, 3.63) is 42.1 Å². The van der Waals surface area contributed by atoms with Gasteiger partial charge in [-0.05, 0) is 25.7 Å². The van der Waals surface area contributed by atoms with E-state index in [1.54, 1.807) is 6.07 Å². The highest BCUT2D eigenvalue weighted by Crippen LogP contribution is 2.20. The summed E-state index contributed by atoms with van der Waals surface area (Å²) in [5.41, 5.74) is 1.33. The number of hydrogen-bond acceptors (Lipinski definition) is 5. The maximum Gasteiger partial charge on any atom is 0.272 e. The van der Waals surface area contributed by atoms with Gasteiger partial charge < -0.3 is 15.0 Å². The largest absolute Gasteiger partial charge is 0.376 e. The van der Waals surface area contributed by atoms with Gasteiger partial charge in [-0.2, -0.15) is 0 Å². The average molecular weight is 383 g/mol. The molecule has 2 aromatic rings. The third-order valence-electron chi connectivity index (χ3n) is 4.79. The summed E-state index contributed by atoms with van der Waals surface area (Å²) in [5.74, 6) is 1.19. The number of carbonyl (C=O) groups excluding carboxylic acids is 1. The number of rotatable bonds is 9. The van der Waals surface area contributed by atoms with Crippen LogP contribution in [0.2, 0.25) is 0 Å². The molecule has 1 aliphatic rings. The van der Waals surface area contributed by atoms with Crippen LogP contribution in [0.3, 0.4) is 0 Å². The maximum absolute atomic E-state index is 13.1. The van der Waals surface area contributed by atoms with Crippen molar-refractivity contribution in [2.24, 2.45) is 0 Å². The molecule has 0 bridgehead atoms. The zero-order valence-electron chi connectivity index (χ0n) is 16.9. The first-order valence-electron chi connectivity index (χ1n) is 10.3. The Balaban J connectivity index is 1.88. The molecule has 1 N–H and O–H groups in total. The second kappa shape index (κ2) is 10.2. The fourth-order valence-electron chi connectivity index (χ4n) is 3.40. The van der Waals surface area contributed by atoms with Crippen molar-refractivity contribution < 1.29 is 9.53 Å². The second-order valence-electron chi connectivity index (χ2n) is 7.14. The smallest absolute Gasteiger partial charge is 0.272 e. The van der Waals surface area contributed by atoms with Crippen LogP contribution in [0.25, 0.3) is 11.4 Å². The lowest BCUT2D eigenvalue weighted by molar-refractivity contribution is 0.0749. The Labute approximate surface area is 167 Å². The minimum atomic E-state index is -0.0385.